The van der Waals surface area contributed by atoms with Gasteiger partial charge < -0.3 is 14.0 Å². The molecule has 5 rings (SSSR count). The molecule has 0 fully saturated rings. The van der Waals surface area contributed by atoms with E-state index >= 15 is 0 Å². The second kappa shape index (κ2) is 14.3. The molecule has 0 atom stereocenters. The molecule has 0 amide bonds. The standard InChI is InChI=1S/C37H41N3O5S/c1-6-8-18-45-35(41)24-46(42,43)33-17-14-29(20-28-10-9-11-31(21-28)44-5)22-32(33)30-15-12-27(13-16-30)23-40-34(7-2)39-36-25(3)19-26(4)38-37(36)40/h9-17,19,21-22H,6-8,18,20,23-24H2,1-5H3. The molecule has 0 radical (unpaired) electrons. The number of sulfone groups is 1. The summed E-state index contributed by atoms with van der Waals surface area (Å²) in [4.78, 5) is 22.2. The fourth-order valence-electron chi connectivity index (χ4n) is 5.66. The third kappa shape index (κ3) is 7.48. The van der Waals surface area contributed by atoms with Crippen molar-refractivity contribution in [1.82, 2.24) is 14.5 Å². The van der Waals surface area contributed by atoms with Crippen LogP contribution in [0.5, 0.6) is 5.75 Å². The number of aryl methyl sites for hydroxylation is 3. The van der Waals surface area contributed by atoms with E-state index in [0.717, 1.165) is 69.1 Å². The largest absolute Gasteiger partial charge is 0.497 e. The zero-order chi connectivity index (χ0) is 32.8. The molecule has 0 bridgehead atoms. The molecule has 0 N–H and O–H groups in total. The van der Waals surface area contributed by atoms with E-state index in [1.807, 2.05) is 74.5 Å². The summed E-state index contributed by atoms with van der Waals surface area (Å²) >= 11 is 0. The molecular formula is C37H41N3O5S. The summed E-state index contributed by atoms with van der Waals surface area (Å²) < 4.78 is 40.0. The number of methoxy groups -OCH3 is 1. The molecule has 0 aliphatic rings. The highest BCUT2D eigenvalue weighted by atomic mass is 32.2. The molecule has 5 aromatic rings. The van der Waals surface area contributed by atoms with E-state index in [9.17, 15) is 13.2 Å². The summed E-state index contributed by atoms with van der Waals surface area (Å²) in [7, 11) is -2.35. The van der Waals surface area contributed by atoms with Crippen molar-refractivity contribution in [2.75, 3.05) is 19.5 Å². The number of hydrogen-bond donors (Lipinski definition) is 0. The number of carbonyl (C=O) groups excluding carboxylic acids is 1. The zero-order valence-electron chi connectivity index (χ0n) is 27.2. The van der Waals surface area contributed by atoms with Gasteiger partial charge in [-0.2, -0.15) is 0 Å². The van der Waals surface area contributed by atoms with Gasteiger partial charge in [0.15, 0.2) is 21.2 Å². The van der Waals surface area contributed by atoms with Crippen molar-refractivity contribution in [3.63, 3.8) is 0 Å². The van der Waals surface area contributed by atoms with Crippen molar-refractivity contribution in [2.45, 2.75) is 64.8 Å². The lowest BCUT2D eigenvalue weighted by Gasteiger charge is -2.14. The predicted octanol–water partition coefficient (Wildman–Crippen LogP) is 7.04. The molecule has 0 aliphatic heterocycles. The number of carbonyl (C=O) groups is 1. The molecule has 0 aliphatic carbocycles. The van der Waals surface area contributed by atoms with Crippen molar-refractivity contribution >= 4 is 27.0 Å². The molecule has 8 nitrogen and oxygen atoms in total. The van der Waals surface area contributed by atoms with E-state index in [0.29, 0.717) is 24.9 Å². The molecule has 0 spiro atoms. The third-order valence-electron chi connectivity index (χ3n) is 8.01. The number of unbranched alkanes of at least 4 members (excludes halogenated alkanes) is 1. The Hall–Kier alpha value is -4.50. The lowest BCUT2D eigenvalue weighted by molar-refractivity contribution is -0.140. The van der Waals surface area contributed by atoms with Crippen LogP contribution in [0.4, 0.5) is 0 Å². The van der Waals surface area contributed by atoms with Gasteiger partial charge in [-0.15, -0.1) is 0 Å². The SMILES string of the molecule is CCCCOC(=O)CS(=O)(=O)c1ccc(Cc2cccc(OC)c2)cc1-c1ccc(Cn2c(CC)nc3c(C)cc(C)nc32)cc1. The smallest absolute Gasteiger partial charge is 0.321 e. The lowest BCUT2D eigenvalue weighted by atomic mass is 9.98. The maximum absolute atomic E-state index is 13.6. The summed E-state index contributed by atoms with van der Waals surface area (Å²) in [6.07, 6.45) is 2.89. The van der Waals surface area contributed by atoms with E-state index in [1.165, 1.54) is 0 Å². The van der Waals surface area contributed by atoms with Crippen LogP contribution in [0.2, 0.25) is 0 Å². The molecule has 9 heteroatoms. The number of nitrogens with zero attached hydrogens (tertiary/aromatic N) is 3. The molecule has 2 heterocycles. The summed E-state index contributed by atoms with van der Waals surface area (Å²) in [5.41, 5.74) is 8.12. The third-order valence-corrected chi connectivity index (χ3v) is 9.66. The zero-order valence-corrected chi connectivity index (χ0v) is 28.0. The summed E-state index contributed by atoms with van der Waals surface area (Å²) in [6, 6.07) is 23.0. The van der Waals surface area contributed by atoms with E-state index in [1.54, 1.807) is 19.2 Å². The first kappa shape index (κ1) is 32.9. The maximum atomic E-state index is 13.6. The monoisotopic (exact) mass is 639 g/mol. The van der Waals surface area contributed by atoms with E-state index < -0.39 is 21.6 Å². The second-order valence-electron chi connectivity index (χ2n) is 11.6. The number of ether oxygens (including phenoxy) is 2. The van der Waals surface area contributed by atoms with E-state index in [2.05, 4.69) is 18.4 Å². The Morgan fingerprint density at radius 1 is 0.891 bits per heavy atom. The Balaban J connectivity index is 1.50. The van der Waals surface area contributed by atoms with Crippen LogP contribution in [0, 0.1) is 13.8 Å². The fraction of sp³-hybridized carbons (Fsp3) is 0.324. The predicted molar refractivity (Wildman–Crippen MR) is 181 cm³/mol. The van der Waals surface area contributed by atoms with Gasteiger partial charge in [0.2, 0.25) is 0 Å². The van der Waals surface area contributed by atoms with Crippen LogP contribution < -0.4 is 4.74 Å². The first-order chi connectivity index (χ1) is 22.1. The van der Waals surface area contributed by atoms with Crippen molar-refractivity contribution in [3.8, 4) is 16.9 Å². The van der Waals surface area contributed by atoms with Gasteiger partial charge in [0.25, 0.3) is 0 Å². The van der Waals surface area contributed by atoms with Gasteiger partial charge in [-0.1, -0.05) is 62.7 Å². The Bertz CT molecular complexity index is 1960. The number of rotatable bonds is 13. The Morgan fingerprint density at radius 2 is 1.63 bits per heavy atom. The number of hydrogen-bond acceptors (Lipinski definition) is 7. The first-order valence-corrected chi connectivity index (χ1v) is 17.3. The van der Waals surface area contributed by atoms with E-state index in [-0.39, 0.29) is 11.5 Å². The minimum atomic E-state index is -3.98. The van der Waals surface area contributed by atoms with Crippen molar-refractivity contribution in [2.24, 2.45) is 0 Å². The molecular weight excluding hydrogens is 598 g/mol. The van der Waals surface area contributed by atoms with Gasteiger partial charge in [-0.05, 0) is 84.8 Å². The normalized spacial score (nSPS) is 11.6. The summed E-state index contributed by atoms with van der Waals surface area (Å²) in [5, 5.41) is 0. The average molecular weight is 640 g/mol. The quantitative estimate of drug-likeness (QED) is 0.101. The van der Waals surface area contributed by atoms with Crippen LogP contribution in [0.1, 0.15) is 60.5 Å². The summed E-state index contributed by atoms with van der Waals surface area (Å²) in [6.45, 7) is 8.90. The Morgan fingerprint density at radius 3 is 2.35 bits per heavy atom. The minimum absolute atomic E-state index is 0.103. The highest BCUT2D eigenvalue weighted by molar-refractivity contribution is 7.92. The highest BCUT2D eigenvalue weighted by Crippen LogP contribution is 2.31. The molecule has 2 aromatic heterocycles. The Labute approximate surface area is 271 Å². The van der Waals surface area contributed by atoms with Crippen LogP contribution in [-0.2, 0) is 38.8 Å². The van der Waals surface area contributed by atoms with Crippen LogP contribution in [0.15, 0.2) is 77.7 Å². The number of imidazole rings is 1. The van der Waals surface area contributed by atoms with Gasteiger partial charge in [0, 0.05) is 17.7 Å². The number of fused-ring (bicyclic) bond motifs is 1. The van der Waals surface area contributed by atoms with E-state index in [4.69, 9.17) is 19.4 Å². The van der Waals surface area contributed by atoms with Crippen LogP contribution in [-0.4, -0.2) is 48.4 Å². The maximum Gasteiger partial charge on any atom is 0.321 e. The van der Waals surface area contributed by atoms with Gasteiger partial charge in [0.1, 0.15) is 17.1 Å². The topological polar surface area (TPSA) is 100 Å². The fourth-order valence-corrected chi connectivity index (χ4v) is 7.00. The number of esters is 1. The molecule has 0 saturated carbocycles. The van der Waals surface area contributed by atoms with Crippen LogP contribution in [0.3, 0.4) is 0 Å². The second-order valence-corrected chi connectivity index (χ2v) is 13.6. The van der Waals surface area contributed by atoms with Crippen molar-refractivity contribution < 1.29 is 22.7 Å². The highest BCUT2D eigenvalue weighted by Gasteiger charge is 2.25. The summed E-state index contributed by atoms with van der Waals surface area (Å²) in [5.74, 6) is 0.265. The van der Waals surface area contributed by atoms with Crippen molar-refractivity contribution in [3.05, 3.63) is 107 Å². The minimum Gasteiger partial charge on any atom is -0.497 e. The van der Waals surface area contributed by atoms with Gasteiger partial charge in [0.05, 0.1) is 25.2 Å². The molecule has 0 unspecified atom stereocenters. The van der Waals surface area contributed by atoms with Gasteiger partial charge >= 0.3 is 5.97 Å². The molecule has 46 heavy (non-hydrogen) atoms. The number of benzene rings is 3. The lowest BCUT2D eigenvalue weighted by Crippen LogP contribution is -2.20. The van der Waals surface area contributed by atoms with Crippen LogP contribution >= 0.6 is 0 Å². The Kier molecular flexibility index (Phi) is 10.2. The number of aromatic nitrogens is 3. The molecule has 0 saturated heterocycles. The van der Waals surface area contributed by atoms with Crippen LogP contribution in [0.25, 0.3) is 22.3 Å². The average Bonchev–Trinajstić information content (AvgIpc) is 3.38. The molecule has 3 aromatic carbocycles. The van der Waals surface area contributed by atoms with Crippen molar-refractivity contribution in [1.29, 1.82) is 0 Å². The van der Waals surface area contributed by atoms with Gasteiger partial charge in [-0.3, -0.25) is 4.79 Å². The number of pyridine rings is 1. The first-order valence-electron chi connectivity index (χ1n) is 15.7. The van der Waals surface area contributed by atoms with Gasteiger partial charge in [-0.25, -0.2) is 18.4 Å². The molecule has 240 valence electrons.